The number of likely N-dealkylation sites (tertiary alicyclic amines) is 1. The highest BCUT2D eigenvalue weighted by Crippen LogP contribution is 2.33. The summed E-state index contributed by atoms with van der Waals surface area (Å²) >= 11 is 0. The van der Waals surface area contributed by atoms with Crippen molar-refractivity contribution in [3.8, 4) is 0 Å². The molecule has 1 amide bonds. The summed E-state index contributed by atoms with van der Waals surface area (Å²) in [5.74, 6) is -0.467. The van der Waals surface area contributed by atoms with Crippen LogP contribution in [0, 0.1) is 5.82 Å². The summed E-state index contributed by atoms with van der Waals surface area (Å²) in [6, 6.07) is 13.5. The second kappa shape index (κ2) is 7.33. The minimum Gasteiger partial charge on any atom is -0.391 e. The maximum Gasteiger partial charge on any atom is 0.254 e. The molecule has 1 fully saturated rings. The van der Waals surface area contributed by atoms with E-state index in [1.807, 2.05) is 37.2 Å². The van der Waals surface area contributed by atoms with E-state index in [1.165, 1.54) is 12.1 Å². The molecule has 0 saturated carbocycles. The number of hydrogen-bond acceptors (Lipinski definition) is 3. The first-order valence-corrected chi connectivity index (χ1v) is 8.42. The maximum absolute atomic E-state index is 13.6. The molecule has 132 valence electrons. The fraction of sp³-hybridized carbons (Fsp3) is 0.350. The predicted octanol–water partition coefficient (Wildman–Crippen LogP) is 2.84. The van der Waals surface area contributed by atoms with Crippen LogP contribution in [0.25, 0.3) is 0 Å². The molecule has 3 rings (SSSR count). The van der Waals surface area contributed by atoms with Crippen molar-refractivity contribution in [3.63, 3.8) is 0 Å². The van der Waals surface area contributed by atoms with E-state index < -0.39 is 6.10 Å². The molecule has 0 unspecified atom stereocenters. The molecule has 1 N–H and O–H groups in total. The number of halogens is 1. The second-order valence-corrected chi connectivity index (χ2v) is 6.86. The lowest BCUT2D eigenvalue weighted by Crippen LogP contribution is -2.32. The third-order valence-electron chi connectivity index (χ3n) is 4.45. The number of β-amino-alcohol motifs (C(OH)–C–C–N with tert-alkyl or cyclic N) is 1. The number of aliphatic hydroxyl groups is 1. The number of carbonyl (C=O) groups is 1. The molecular formula is C20H23FN2O2. The van der Waals surface area contributed by atoms with Gasteiger partial charge >= 0.3 is 0 Å². The Morgan fingerprint density at radius 1 is 1.24 bits per heavy atom. The molecule has 1 aliphatic heterocycles. The summed E-state index contributed by atoms with van der Waals surface area (Å²) in [6.45, 7) is 1.01. The molecule has 2 aromatic carbocycles. The number of nitrogens with zero attached hydrogens (tertiary/aromatic N) is 2. The summed E-state index contributed by atoms with van der Waals surface area (Å²) in [4.78, 5) is 16.7. The van der Waals surface area contributed by atoms with Gasteiger partial charge in [0.25, 0.3) is 5.91 Å². The van der Waals surface area contributed by atoms with Crippen molar-refractivity contribution in [2.75, 3.05) is 20.6 Å². The van der Waals surface area contributed by atoms with Crippen LogP contribution >= 0.6 is 0 Å². The first kappa shape index (κ1) is 17.6. The van der Waals surface area contributed by atoms with Gasteiger partial charge in [0.1, 0.15) is 5.82 Å². The highest BCUT2D eigenvalue weighted by molar-refractivity contribution is 5.95. The van der Waals surface area contributed by atoms with E-state index in [0.717, 1.165) is 12.1 Å². The van der Waals surface area contributed by atoms with Gasteiger partial charge in [-0.15, -0.1) is 0 Å². The molecule has 0 aromatic heterocycles. The van der Waals surface area contributed by atoms with Gasteiger partial charge in [-0.2, -0.15) is 0 Å². The topological polar surface area (TPSA) is 43.8 Å². The van der Waals surface area contributed by atoms with Gasteiger partial charge in [0.05, 0.1) is 12.1 Å². The summed E-state index contributed by atoms with van der Waals surface area (Å²) in [5.41, 5.74) is 2.36. The van der Waals surface area contributed by atoms with Crippen molar-refractivity contribution in [2.45, 2.75) is 25.1 Å². The third kappa shape index (κ3) is 4.06. The molecule has 2 aromatic rings. The molecule has 0 aliphatic carbocycles. The van der Waals surface area contributed by atoms with Crippen LogP contribution < -0.4 is 0 Å². The number of benzene rings is 2. The van der Waals surface area contributed by atoms with Crippen molar-refractivity contribution in [1.29, 1.82) is 0 Å². The van der Waals surface area contributed by atoms with E-state index >= 15 is 0 Å². The Bertz CT molecular complexity index is 763. The number of carbonyl (C=O) groups excluding carboxylic acids is 1. The Labute approximate surface area is 147 Å². The molecule has 4 nitrogen and oxygen atoms in total. The fourth-order valence-corrected chi connectivity index (χ4v) is 3.40. The summed E-state index contributed by atoms with van der Waals surface area (Å²) < 4.78 is 13.6. The first-order valence-electron chi connectivity index (χ1n) is 8.42. The van der Waals surface area contributed by atoms with E-state index in [0.29, 0.717) is 17.5 Å². The van der Waals surface area contributed by atoms with Crippen LogP contribution in [0.15, 0.2) is 48.5 Å². The van der Waals surface area contributed by atoms with Crippen molar-refractivity contribution in [1.82, 2.24) is 9.80 Å². The van der Waals surface area contributed by atoms with E-state index in [1.54, 1.807) is 23.1 Å². The van der Waals surface area contributed by atoms with Crippen molar-refractivity contribution in [2.24, 2.45) is 0 Å². The molecular weight excluding hydrogens is 319 g/mol. The number of aliphatic hydroxyl groups excluding tert-OH is 1. The third-order valence-corrected chi connectivity index (χ3v) is 4.45. The zero-order valence-corrected chi connectivity index (χ0v) is 14.5. The molecule has 1 aliphatic rings. The molecule has 2 atom stereocenters. The maximum atomic E-state index is 13.6. The Balaban J connectivity index is 1.87. The fourth-order valence-electron chi connectivity index (χ4n) is 3.40. The van der Waals surface area contributed by atoms with Gasteiger partial charge in [-0.25, -0.2) is 4.39 Å². The Kier molecular flexibility index (Phi) is 5.16. The molecule has 0 spiro atoms. The standard InChI is InChI=1S/C20H23FN2O2/c1-22(2)12-14-5-3-7-16(9-14)20(25)23-13-18(24)11-19(23)15-6-4-8-17(21)10-15/h3-10,18-19,24H,11-13H2,1-2H3/t18-,19+/m1/s1. The van der Waals surface area contributed by atoms with Crippen LogP contribution in [0.1, 0.15) is 33.9 Å². The summed E-state index contributed by atoms with van der Waals surface area (Å²) in [5, 5.41) is 10.1. The van der Waals surface area contributed by atoms with Crippen molar-refractivity contribution in [3.05, 3.63) is 71.0 Å². The van der Waals surface area contributed by atoms with Gasteiger partial charge in [0.15, 0.2) is 0 Å². The second-order valence-electron chi connectivity index (χ2n) is 6.86. The minimum absolute atomic E-state index is 0.133. The lowest BCUT2D eigenvalue weighted by atomic mass is 10.0. The number of rotatable bonds is 4. The van der Waals surface area contributed by atoms with E-state index in [4.69, 9.17) is 0 Å². The first-order chi connectivity index (χ1) is 11.9. The molecule has 25 heavy (non-hydrogen) atoms. The highest BCUT2D eigenvalue weighted by atomic mass is 19.1. The minimum atomic E-state index is -0.595. The zero-order valence-electron chi connectivity index (χ0n) is 14.5. The van der Waals surface area contributed by atoms with Crippen molar-refractivity contribution >= 4 is 5.91 Å². The Hall–Kier alpha value is -2.24. The van der Waals surface area contributed by atoms with Gasteiger partial charge in [-0.3, -0.25) is 4.79 Å². The number of hydrogen-bond donors (Lipinski definition) is 1. The highest BCUT2D eigenvalue weighted by Gasteiger charge is 2.35. The average Bonchev–Trinajstić information content (AvgIpc) is 2.96. The Morgan fingerprint density at radius 2 is 2.00 bits per heavy atom. The molecule has 5 heteroatoms. The van der Waals surface area contributed by atoms with Gasteiger partial charge in [0, 0.05) is 18.7 Å². The predicted molar refractivity (Wildman–Crippen MR) is 94.6 cm³/mol. The van der Waals surface area contributed by atoms with Gasteiger partial charge < -0.3 is 14.9 Å². The molecule has 0 bridgehead atoms. The van der Waals surface area contributed by atoms with Crippen LogP contribution in [0.5, 0.6) is 0 Å². The monoisotopic (exact) mass is 342 g/mol. The van der Waals surface area contributed by atoms with Gasteiger partial charge in [-0.1, -0.05) is 24.3 Å². The van der Waals surface area contributed by atoms with Crippen LogP contribution in [0.3, 0.4) is 0 Å². The largest absolute Gasteiger partial charge is 0.391 e. The number of amides is 1. The van der Waals surface area contributed by atoms with Crippen LogP contribution in [-0.2, 0) is 6.54 Å². The van der Waals surface area contributed by atoms with Gasteiger partial charge in [-0.05, 0) is 55.9 Å². The lowest BCUT2D eigenvalue weighted by Gasteiger charge is -2.25. The summed E-state index contributed by atoms with van der Waals surface area (Å²) in [6.07, 6.45) is -0.172. The van der Waals surface area contributed by atoms with Gasteiger partial charge in [0.2, 0.25) is 0 Å². The van der Waals surface area contributed by atoms with Crippen LogP contribution in [-0.4, -0.2) is 47.6 Å². The Morgan fingerprint density at radius 3 is 2.72 bits per heavy atom. The average molecular weight is 342 g/mol. The smallest absolute Gasteiger partial charge is 0.254 e. The van der Waals surface area contributed by atoms with E-state index in [-0.39, 0.29) is 24.3 Å². The molecule has 0 radical (unpaired) electrons. The normalized spacial score (nSPS) is 20.3. The lowest BCUT2D eigenvalue weighted by molar-refractivity contribution is 0.0715. The summed E-state index contributed by atoms with van der Waals surface area (Å²) in [7, 11) is 3.95. The van der Waals surface area contributed by atoms with E-state index in [9.17, 15) is 14.3 Å². The van der Waals surface area contributed by atoms with Crippen LogP contribution in [0.4, 0.5) is 4.39 Å². The molecule has 1 heterocycles. The van der Waals surface area contributed by atoms with E-state index in [2.05, 4.69) is 0 Å². The van der Waals surface area contributed by atoms with Crippen LogP contribution in [0.2, 0.25) is 0 Å². The van der Waals surface area contributed by atoms with Crippen molar-refractivity contribution < 1.29 is 14.3 Å². The molecule has 1 saturated heterocycles. The zero-order chi connectivity index (χ0) is 18.0. The quantitative estimate of drug-likeness (QED) is 0.929. The SMILES string of the molecule is CN(C)Cc1cccc(C(=O)N2C[C@H](O)C[C@H]2c2cccc(F)c2)c1.